The maximum absolute atomic E-state index is 12.3. The maximum Gasteiger partial charge on any atom is 0.260 e. The largest absolute Gasteiger partial charge is 0.481 e. The van der Waals surface area contributed by atoms with Gasteiger partial charge in [-0.3, -0.25) is 9.69 Å². The molecule has 4 nitrogen and oxygen atoms in total. The van der Waals surface area contributed by atoms with Crippen LogP contribution in [0.3, 0.4) is 0 Å². The third-order valence-corrected chi connectivity index (χ3v) is 4.91. The van der Waals surface area contributed by atoms with Crippen LogP contribution >= 0.6 is 11.8 Å². The van der Waals surface area contributed by atoms with Gasteiger partial charge in [-0.25, -0.2) is 0 Å². The van der Waals surface area contributed by atoms with Gasteiger partial charge in [-0.1, -0.05) is 12.2 Å². The number of nitrogens with one attached hydrogen (secondary N) is 1. The minimum atomic E-state index is -0.487. The molecule has 0 aromatic heterocycles. The number of amides is 1. The molecule has 1 heterocycles. The van der Waals surface area contributed by atoms with Crippen molar-refractivity contribution in [2.75, 3.05) is 25.9 Å². The van der Waals surface area contributed by atoms with E-state index in [0.717, 1.165) is 38.2 Å². The molecule has 1 N–H and O–H groups in total. The summed E-state index contributed by atoms with van der Waals surface area (Å²) in [5.74, 6) is 0.689. The number of carbonyl (C=O) groups is 1. The van der Waals surface area contributed by atoms with E-state index in [1.165, 1.54) is 10.5 Å². The zero-order valence-corrected chi connectivity index (χ0v) is 15.7. The van der Waals surface area contributed by atoms with Gasteiger partial charge in [0.2, 0.25) is 0 Å². The fourth-order valence-electron chi connectivity index (χ4n) is 2.85. The van der Waals surface area contributed by atoms with Gasteiger partial charge in [-0.2, -0.15) is 0 Å². The summed E-state index contributed by atoms with van der Waals surface area (Å²) in [4.78, 5) is 15.9. The van der Waals surface area contributed by atoms with E-state index in [1.54, 1.807) is 18.7 Å². The molecule has 132 valence electrons. The normalized spacial score (nSPS) is 17.3. The van der Waals surface area contributed by atoms with Gasteiger partial charge in [0.15, 0.2) is 6.10 Å². The molecular formula is C19H28N2O2S. The van der Waals surface area contributed by atoms with Gasteiger partial charge < -0.3 is 10.1 Å². The van der Waals surface area contributed by atoms with Crippen LogP contribution in [0.4, 0.5) is 0 Å². The number of hydrogen-bond acceptors (Lipinski definition) is 4. The lowest BCUT2D eigenvalue weighted by Crippen LogP contribution is -2.48. The molecule has 5 heteroatoms. The highest BCUT2D eigenvalue weighted by Crippen LogP contribution is 2.20. The van der Waals surface area contributed by atoms with Gasteiger partial charge in [0.05, 0.1) is 0 Å². The fraction of sp³-hybridized carbons (Fsp3) is 0.526. The van der Waals surface area contributed by atoms with Crippen molar-refractivity contribution in [1.82, 2.24) is 10.2 Å². The number of thioether (sulfide) groups is 1. The molecule has 1 fully saturated rings. The minimum absolute atomic E-state index is 0.0395. The summed E-state index contributed by atoms with van der Waals surface area (Å²) in [5.41, 5.74) is 1.19. The van der Waals surface area contributed by atoms with Crippen LogP contribution in [0, 0.1) is 0 Å². The van der Waals surface area contributed by atoms with Crippen LogP contribution in [0.2, 0.25) is 0 Å². The summed E-state index contributed by atoms with van der Waals surface area (Å²) in [7, 11) is 0. The molecule has 0 bridgehead atoms. The van der Waals surface area contributed by atoms with Gasteiger partial charge in [0, 0.05) is 30.6 Å². The van der Waals surface area contributed by atoms with Crippen molar-refractivity contribution < 1.29 is 9.53 Å². The van der Waals surface area contributed by atoms with Crippen molar-refractivity contribution in [2.24, 2.45) is 0 Å². The molecule has 0 spiro atoms. The molecule has 0 aliphatic carbocycles. The van der Waals surface area contributed by atoms with Crippen molar-refractivity contribution in [3.05, 3.63) is 36.4 Å². The molecule has 24 heavy (non-hydrogen) atoms. The monoisotopic (exact) mass is 348 g/mol. The van der Waals surface area contributed by atoms with Crippen LogP contribution in [-0.2, 0) is 4.79 Å². The Morgan fingerprint density at radius 3 is 2.54 bits per heavy atom. The van der Waals surface area contributed by atoms with Crippen molar-refractivity contribution in [3.8, 4) is 5.75 Å². The molecule has 1 amide bonds. The summed E-state index contributed by atoms with van der Waals surface area (Å²) in [6.07, 6.45) is 3.51. The highest BCUT2D eigenvalue weighted by molar-refractivity contribution is 7.98. The molecule has 0 saturated carbocycles. The van der Waals surface area contributed by atoms with Gasteiger partial charge in [-0.15, -0.1) is 11.8 Å². The van der Waals surface area contributed by atoms with E-state index in [1.807, 2.05) is 30.5 Å². The fourth-order valence-corrected chi connectivity index (χ4v) is 3.26. The predicted octanol–water partition coefficient (Wildman–Crippen LogP) is 3.33. The Labute approximate surface area is 149 Å². The second kappa shape index (κ2) is 9.14. The first-order valence-corrected chi connectivity index (χ1v) is 9.68. The molecule has 1 atom stereocenters. The average Bonchev–Trinajstić information content (AvgIpc) is 2.56. The highest BCUT2D eigenvalue weighted by Gasteiger charge is 2.23. The highest BCUT2D eigenvalue weighted by atomic mass is 32.2. The molecule has 1 aromatic rings. The first kappa shape index (κ1) is 18.9. The Balaban J connectivity index is 1.76. The Bertz CT molecular complexity index is 551. The van der Waals surface area contributed by atoms with Crippen LogP contribution in [0.1, 0.15) is 26.7 Å². The van der Waals surface area contributed by atoms with E-state index in [2.05, 4.69) is 23.7 Å². The topological polar surface area (TPSA) is 41.6 Å². The molecule has 2 rings (SSSR count). The lowest BCUT2D eigenvalue weighted by atomic mass is 10.0. The van der Waals surface area contributed by atoms with Gasteiger partial charge in [-0.05, 0) is 57.2 Å². The van der Waals surface area contributed by atoms with E-state index < -0.39 is 6.10 Å². The van der Waals surface area contributed by atoms with Crippen molar-refractivity contribution in [3.63, 3.8) is 0 Å². The lowest BCUT2D eigenvalue weighted by Gasteiger charge is -2.32. The van der Waals surface area contributed by atoms with E-state index in [4.69, 9.17) is 4.74 Å². The standard InChI is InChI=1S/C19H28N2O2S/c1-14(2)13-21-11-9-16(10-12-21)20-19(22)15(3)23-17-5-7-18(24-4)8-6-17/h5-8,15-16H,1,9-13H2,2-4H3,(H,20,22)/t15-/m1/s1. The van der Waals surface area contributed by atoms with E-state index >= 15 is 0 Å². The van der Waals surface area contributed by atoms with Crippen molar-refractivity contribution >= 4 is 17.7 Å². The number of rotatable bonds is 7. The zero-order chi connectivity index (χ0) is 17.5. The zero-order valence-electron chi connectivity index (χ0n) is 14.9. The summed E-state index contributed by atoms with van der Waals surface area (Å²) in [6, 6.07) is 8.06. The predicted molar refractivity (Wildman–Crippen MR) is 101 cm³/mol. The third kappa shape index (κ3) is 5.87. The van der Waals surface area contributed by atoms with Gasteiger partial charge in [0.25, 0.3) is 5.91 Å². The SMILES string of the molecule is C=C(C)CN1CCC(NC(=O)[C@@H](C)Oc2ccc(SC)cc2)CC1. The van der Waals surface area contributed by atoms with E-state index in [9.17, 15) is 4.79 Å². The maximum atomic E-state index is 12.3. The molecule has 1 saturated heterocycles. The number of nitrogens with zero attached hydrogens (tertiary/aromatic N) is 1. The van der Waals surface area contributed by atoms with E-state index in [-0.39, 0.29) is 11.9 Å². The second-order valence-corrected chi connectivity index (χ2v) is 7.33. The summed E-state index contributed by atoms with van der Waals surface area (Å²) >= 11 is 1.69. The summed E-state index contributed by atoms with van der Waals surface area (Å²) < 4.78 is 5.75. The van der Waals surface area contributed by atoms with E-state index in [0.29, 0.717) is 0 Å². The van der Waals surface area contributed by atoms with Crippen LogP contribution in [-0.4, -0.2) is 48.8 Å². The molecule has 0 radical (unpaired) electrons. The first-order chi connectivity index (χ1) is 11.5. The van der Waals surface area contributed by atoms with Gasteiger partial charge >= 0.3 is 0 Å². The Morgan fingerprint density at radius 2 is 2.00 bits per heavy atom. The number of piperidine rings is 1. The Hall–Kier alpha value is -1.46. The molecule has 1 aromatic carbocycles. The van der Waals surface area contributed by atoms with Crippen molar-refractivity contribution in [1.29, 1.82) is 0 Å². The third-order valence-electron chi connectivity index (χ3n) is 4.17. The lowest BCUT2D eigenvalue weighted by molar-refractivity contribution is -0.128. The number of ether oxygens (including phenoxy) is 1. The Morgan fingerprint density at radius 1 is 1.38 bits per heavy atom. The van der Waals surface area contributed by atoms with Crippen LogP contribution in [0.5, 0.6) is 5.75 Å². The van der Waals surface area contributed by atoms with Crippen LogP contribution in [0.15, 0.2) is 41.3 Å². The summed E-state index contributed by atoms with van der Waals surface area (Å²) in [6.45, 7) is 10.8. The smallest absolute Gasteiger partial charge is 0.260 e. The minimum Gasteiger partial charge on any atom is -0.481 e. The Kier molecular flexibility index (Phi) is 7.18. The first-order valence-electron chi connectivity index (χ1n) is 8.45. The molecule has 1 aliphatic heterocycles. The quantitative estimate of drug-likeness (QED) is 0.606. The molecule has 0 unspecified atom stereocenters. The average molecular weight is 349 g/mol. The van der Waals surface area contributed by atoms with Crippen molar-refractivity contribution in [2.45, 2.75) is 43.7 Å². The number of hydrogen-bond donors (Lipinski definition) is 1. The van der Waals surface area contributed by atoms with Crippen LogP contribution < -0.4 is 10.1 Å². The number of benzene rings is 1. The number of carbonyl (C=O) groups excluding carboxylic acids is 1. The second-order valence-electron chi connectivity index (χ2n) is 6.45. The molecular weight excluding hydrogens is 320 g/mol. The number of likely N-dealkylation sites (tertiary alicyclic amines) is 1. The summed E-state index contributed by atoms with van der Waals surface area (Å²) in [5, 5.41) is 3.12. The molecule has 1 aliphatic rings. The van der Waals surface area contributed by atoms with Gasteiger partial charge in [0.1, 0.15) is 5.75 Å². The van der Waals surface area contributed by atoms with Crippen LogP contribution in [0.25, 0.3) is 0 Å².